The number of hydrazine groups is 1. The highest BCUT2D eigenvalue weighted by Crippen LogP contribution is 2.21. The highest BCUT2D eigenvalue weighted by molar-refractivity contribution is 7.91. The third-order valence-electron chi connectivity index (χ3n) is 2.70. The van der Waals surface area contributed by atoms with E-state index in [4.69, 9.17) is 5.84 Å². The number of rotatable bonds is 6. The van der Waals surface area contributed by atoms with Crippen LogP contribution in [0.2, 0.25) is 0 Å². The maximum absolute atomic E-state index is 11.4. The fraction of sp³-hybridized carbons (Fsp3) is 0.667. The Balaban J connectivity index is 2.85. The average Bonchev–Trinajstić information content (AvgIpc) is 2.37. The van der Waals surface area contributed by atoms with Crippen LogP contribution in [0.25, 0.3) is 0 Å². The van der Waals surface area contributed by atoms with Crippen molar-refractivity contribution >= 4 is 21.5 Å². The van der Waals surface area contributed by atoms with Gasteiger partial charge in [-0.1, -0.05) is 27.7 Å². The van der Waals surface area contributed by atoms with E-state index in [1.165, 1.54) is 0 Å². The second-order valence-electron chi connectivity index (χ2n) is 5.52. The maximum Gasteiger partial charge on any atom is 0.151 e. The molecule has 0 aliphatic rings. The van der Waals surface area contributed by atoms with Crippen molar-refractivity contribution in [3.8, 4) is 0 Å². The Hall–Kier alpha value is -1.41. The summed E-state index contributed by atoms with van der Waals surface area (Å²) in [5.41, 5.74) is 2.26. The van der Waals surface area contributed by atoms with Gasteiger partial charge in [-0.15, -0.1) is 0 Å². The van der Waals surface area contributed by atoms with Crippen molar-refractivity contribution in [1.29, 1.82) is 0 Å². The third-order valence-corrected chi connectivity index (χ3v) is 4.41. The summed E-state index contributed by atoms with van der Waals surface area (Å²) in [7, 11) is -2.99. The number of hydrogen-bond donors (Lipinski definition) is 3. The van der Waals surface area contributed by atoms with Gasteiger partial charge < -0.3 is 10.7 Å². The first-order valence-electron chi connectivity index (χ1n) is 6.48. The third kappa shape index (κ3) is 4.93. The first-order chi connectivity index (χ1) is 9.18. The lowest BCUT2D eigenvalue weighted by Crippen LogP contribution is -2.22. The van der Waals surface area contributed by atoms with E-state index in [2.05, 4.69) is 20.7 Å². The highest BCUT2D eigenvalue weighted by atomic mass is 32.2. The van der Waals surface area contributed by atoms with Crippen LogP contribution in [0.15, 0.2) is 6.07 Å². The average molecular weight is 301 g/mol. The molecule has 0 unspecified atom stereocenters. The van der Waals surface area contributed by atoms with Crippen LogP contribution in [0.5, 0.6) is 0 Å². The SMILES string of the molecule is CCS(=O)(=O)CCNc1cc(NN)nc(C(C)(C)C)n1. The molecule has 1 heterocycles. The van der Waals surface area contributed by atoms with Crippen LogP contribution in [0.1, 0.15) is 33.5 Å². The molecule has 20 heavy (non-hydrogen) atoms. The topological polar surface area (TPSA) is 110 Å². The highest BCUT2D eigenvalue weighted by Gasteiger charge is 2.19. The van der Waals surface area contributed by atoms with Gasteiger partial charge in [0.2, 0.25) is 0 Å². The monoisotopic (exact) mass is 301 g/mol. The molecule has 0 aliphatic heterocycles. The van der Waals surface area contributed by atoms with Crippen molar-refractivity contribution in [3.63, 3.8) is 0 Å². The van der Waals surface area contributed by atoms with Crippen molar-refractivity contribution in [3.05, 3.63) is 11.9 Å². The fourth-order valence-electron chi connectivity index (χ4n) is 1.43. The van der Waals surface area contributed by atoms with E-state index in [1.807, 2.05) is 20.8 Å². The number of aromatic nitrogens is 2. The van der Waals surface area contributed by atoms with Crippen molar-refractivity contribution in [2.45, 2.75) is 33.1 Å². The number of anilines is 2. The van der Waals surface area contributed by atoms with Crippen molar-refractivity contribution in [2.75, 3.05) is 28.8 Å². The molecule has 0 saturated carbocycles. The molecule has 1 aromatic heterocycles. The van der Waals surface area contributed by atoms with Crippen LogP contribution in [-0.4, -0.2) is 36.4 Å². The minimum Gasteiger partial charge on any atom is -0.369 e. The second-order valence-corrected chi connectivity index (χ2v) is 7.99. The Morgan fingerprint density at radius 1 is 1.25 bits per heavy atom. The predicted octanol–water partition coefficient (Wildman–Crippen LogP) is 0.906. The predicted molar refractivity (Wildman–Crippen MR) is 81.4 cm³/mol. The smallest absolute Gasteiger partial charge is 0.151 e. The molecule has 0 amide bonds. The Kier molecular flexibility index (Phi) is 5.29. The zero-order valence-electron chi connectivity index (χ0n) is 12.4. The van der Waals surface area contributed by atoms with Crippen LogP contribution in [0, 0.1) is 0 Å². The summed E-state index contributed by atoms with van der Waals surface area (Å²) in [5, 5.41) is 3.00. The van der Waals surface area contributed by atoms with Crippen molar-refractivity contribution < 1.29 is 8.42 Å². The van der Waals surface area contributed by atoms with Crippen LogP contribution < -0.4 is 16.6 Å². The van der Waals surface area contributed by atoms with E-state index in [0.29, 0.717) is 24.0 Å². The van der Waals surface area contributed by atoms with Crippen molar-refractivity contribution in [2.24, 2.45) is 5.84 Å². The molecule has 0 saturated heterocycles. The van der Waals surface area contributed by atoms with Crippen LogP contribution in [0.4, 0.5) is 11.6 Å². The summed E-state index contributed by atoms with van der Waals surface area (Å²) in [5.74, 6) is 7.28. The lowest BCUT2D eigenvalue weighted by molar-refractivity contribution is 0.546. The Morgan fingerprint density at radius 2 is 1.85 bits per heavy atom. The Labute approximate surface area is 120 Å². The summed E-state index contributed by atoms with van der Waals surface area (Å²) in [6.45, 7) is 7.92. The molecular weight excluding hydrogens is 278 g/mol. The minimum absolute atomic E-state index is 0.0732. The van der Waals surface area contributed by atoms with Gasteiger partial charge in [0, 0.05) is 23.8 Å². The van der Waals surface area contributed by atoms with E-state index in [0.717, 1.165) is 0 Å². The van der Waals surface area contributed by atoms with Gasteiger partial charge >= 0.3 is 0 Å². The van der Waals surface area contributed by atoms with E-state index in [-0.39, 0.29) is 16.9 Å². The molecule has 1 rings (SSSR count). The molecule has 0 aliphatic carbocycles. The van der Waals surface area contributed by atoms with Crippen LogP contribution in [0.3, 0.4) is 0 Å². The largest absolute Gasteiger partial charge is 0.369 e. The molecule has 0 atom stereocenters. The molecule has 0 aromatic carbocycles. The maximum atomic E-state index is 11.4. The molecule has 114 valence electrons. The van der Waals surface area contributed by atoms with E-state index >= 15 is 0 Å². The minimum atomic E-state index is -2.99. The van der Waals surface area contributed by atoms with Gasteiger partial charge in [-0.3, -0.25) is 0 Å². The molecule has 0 radical (unpaired) electrons. The molecular formula is C12H23N5O2S. The first kappa shape index (κ1) is 16.6. The molecule has 8 heteroatoms. The van der Waals surface area contributed by atoms with Crippen LogP contribution in [-0.2, 0) is 15.3 Å². The summed E-state index contributed by atoms with van der Waals surface area (Å²) in [6, 6.07) is 1.65. The van der Waals surface area contributed by atoms with Crippen molar-refractivity contribution in [1.82, 2.24) is 9.97 Å². The van der Waals surface area contributed by atoms with E-state index in [9.17, 15) is 8.42 Å². The van der Waals surface area contributed by atoms with Gasteiger partial charge in [0.1, 0.15) is 17.5 Å². The number of nitrogens with two attached hydrogens (primary N) is 1. The quantitative estimate of drug-likeness (QED) is 0.529. The van der Waals surface area contributed by atoms with Crippen LogP contribution >= 0.6 is 0 Å². The summed E-state index contributed by atoms with van der Waals surface area (Å²) >= 11 is 0. The van der Waals surface area contributed by atoms with Gasteiger partial charge in [-0.25, -0.2) is 24.2 Å². The Bertz CT molecular complexity index is 551. The lowest BCUT2D eigenvalue weighted by Gasteiger charge is -2.18. The lowest BCUT2D eigenvalue weighted by atomic mass is 9.96. The van der Waals surface area contributed by atoms with Gasteiger partial charge in [0.25, 0.3) is 0 Å². The Morgan fingerprint density at radius 3 is 2.35 bits per heavy atom. The standard InChI is InChI=1S/C12H23N5O2S/c1-5-20(18,19)7-6-14-9-8-10(17-13)16-11(15-9)12(2,3)4/h8H,5-7,13H2,1-4H3,(H2,14,15,16,17). The summed E-state index contributed by atoms with van der Waals surface area (Å²) in [4.78, 5) is 8.68. The second kappa shape index (κ2) is 6.36. The zero-order chi connectivity index (χ0) is 15.4. The molecule has 4 N–H and O–H groups in total. The normalized spacial score (nSPS) is 12.2. The van der Waals surface area contributed by atoms with Gasteiger partial charge in [-0.2, -0.15) is 0 Å². The number of nitrogens with zero attached hydrogens (tertiary/aromatic N) is 2. The number of nitrogen functional groups attached to an aromatic ring is 1. The molecule has 0 spiro atoms. The summed E-state index contributed by atoms with van der Waals surface area (Å²) in [6.07, 6.45) is 0. The molecule has 0 fully saturated rings. The van der Waals surface area contributed by atoms with Gasteiger partial charge in [0.05, 0.1) is 5.75 Å². The number of nitrogens with one attached hydrogen (secondary N) is 2. The zero-order valence-corrected chi connectivity index (χ0v) is 13.2. The van der Waals surface area contributed by atoms with Gasteiger partial charge in [-0.05, 0) is 0 Å². The number of hydrogen-bond acceptors (Lipinski definition) is 7. The fourth-order valence-corrected chi connectivity index (χ4v) is 2.13. The number of sulfone groups is 1. The molecule has 0 bridgehead atoms. The van der Waals surface area contributed by atoms with Gasteiger partial charge in [0.15, 0.2) is 9.84 Å². The molecule has 1 aromatic rings. The summed E-state index contributed by atoms with van der Waals surface area (Å²) < 4.78 is 22.9. The first-order valence-corrected chi connectivity index (χ1v) is 8.30. The molecule has 7 nitrogen and oxygen atoms in total. The van der Waals surface area contributed by atoms with E-state index in [1.54, 1.807) is 13.0 Å². The van der Waals surface area contributed by atoms with E-state index < -0.39 is 9.84 Å².